The summed E-state index contributed by atoms with van der Waals surface area (Å²) in [6.07, 6.45) is -1.17. The Bertz CT molecular complexity index is 880. The molecule has 0 aromatic heterocycles. The lowest BCUT2D eigenvalue weighted by molar-refractivity contribution is -0.130. The van der Waals surface area contributed by atoms with Gasteiger partial charge in [0.2, 0.25) is 5.91 Å². The van der Waals surface area contributed by atoms with E-state index in [0.29, 0.717) is 5.56 Å². The number of alkyl halides is 1. The molecule has 0 radical (unpaired) electrons. The Labute approximate surface area is 152 Å². The molecule has 1 N–H and O–H groups in total. The second-order valence-electron chi connectivity index (χ2n) is 5.85. The lowest BCUT2D eigenvalue weighted by Gasteiger charge is -2.19. The van der Waals surface area contributed by atoms with Gasteiger partial charge in [-0.25, -0.2) is 4.39 Å². The molecule has 2 amide bonds. The first-order chi connectivity index (χ1) is 12.0. The maximum Gasteiger partial charge on any atom is 0.252 e. The van der Waals surface area contributed by atoms with Crippen LogP contribution in [0.3, 0.4) is 0 Å². The average Bonchev–Trinajstić information content (AvgIpc) is 3.00. The molecular formula is C18H15BrFN3O2. The third-order valence-electron chi connectivity index (χ3n) is 4.23. The van der Waals surface area contributed by atoms with E-state index in [1.165, 1.54) is 4.90 Å². The van der Waals surface area contributed by atoms with E-state index in [1.54, 1.807) is 12.1 Å². The summed E-state index contributed by atoms with van der Waals surface area (Å²) in [7, 11) is 0. The Balaban J connectivity index is 1.73. The van der Waals surface area contributed by atoms with Gasteiger partial charge in [-0.15, -0.1) is 0 Å². The van der Waals surface area contributed by atoms with Gasteiger partial charge in [0.1, 0.15) is 12.2 Å². The Kier molecular flexibility index (Phi) is 5.00. The first-order valence-corrected chi connectivity index (χ1v) is 8.59. The monoisotopic (exact) mass is 403 g/mol. The Morgan fingerprint density at radius 2 is 2.00 bits per heavy atom. The highest BCUT2D eigenvalue weighted by molar-refractivity contribution is 9.10. The molecule has 5 nitrogen and oxygen atoms in total. The molecule has 1 heterocycles. The number of nitriles is 1. The molecule has 128 valence electrons. The molecule has 1 saturated heterocycles. The second kappa shape index (κ2) is 7.19. The van der Waals surface area contributed by atoms with Crippen LogP contribution in [0, 0.1) is 11.3 Å². The molecule has 3 rings (SSSR count). The number of hydrogen-bond donors (Lipinski definition) is 1. The van der Waals surface area contributed by atoms with Crippen molar-refractivity contribution in [1.82, 2.24) is 10.2 Å². The van der Waals surface area contributed by atoms with Gasteiger partial charge in [0.15, 0.2) is 0 Å². The highest BCUT2D eigenvalue weighted by atomic mass is 79.9. The van der Waals surface area contributed by atoms with Crippen LogP contribution in [-0.4, -0.2) is 42.0 Å². The van der Waals surface area contributed by atoms with Gasteiger partial charge < -0.3 is 10.2 Å². The van der Waals surface area contributed by atoms with Crippen LogP contribution >= 0.6 is 15.9 Å². The summed E-state index contributed by atoms with van der Waals surface area (Å²) in [4.78, 5) is 25.9. The van der Waals surface area contributed by atoms with Crippen molar-refractivity contribution in [1.29, 1.82) is 5.26 Å². The van der Waals surface area contributed by atoms with E-state index in [2.05, 4.69) is 21.2 Å². The largest absolute Gasteiger partial charge is 0.343 e. The molecule has 1 aliphatic rings. The summed E-state index contributed by atoms with van der Waals surface area (Å²) in [5.74, 6) is -0.844. The molecule has 1 aliphatic heterocycles. The van der Waals surface area contributed by atoms with E-state index in [-0.39, 0.29) is 25.4 Å². The smallest absolute Gasteiger partial charge is 0.252 e. The highest BCUT2D eigenvalue weighted by Gasteiger charge is 2.35. The molecule has 0 bridgehead atoms. The molecule has 7 heteroatoms. The molecule has 2 aromatic rings. The molecular weight excluding hydrogens is 389 g/mol. The van der Waals surface area contributed by atoms with Crippen LogP contribution in [-0.2, 0) is 4.79 Å². The summed E-state index contributed by atoms with van der Waals surface area (Å²) < 4.78 is 14.3. The number of nitrogens with one attached hydrogen (secondary N) is 1. The zero-order chi connectivity index (χ0) is 18.0. The maximum atomic E-state index is 13.4. The molecule has 1 fully saturated rings. The van der Waals surface area contributed by atoms with Crippen molar-refractivity contribution in [2.24, 2.45) is 0 Å². The number of halogens is 2. The van der Waals surface area contributed by atoms with E-state index in [9.17, 15) is 14.0 Å². The first-order valence-electron chi connectivity index (χ1n) is 7.80. The van der Waals surface area contributed by atoms with Crippen molar-refractivity contribution in [2.75, 3.05) is 13.1 Å². The summed E-state index contributed by atoms with van der Waals surface area (Å²) in [6.45, 7) is -0.373. The van der Waals surface area contributed by atoms with E-state index in [4.69, 9.17) is 5.26 Å². The zero-order valence-electron chi connectivity index (χ0n) is 13.2. The van der Waals surface area contributed by atoms with Gasteiger partial charge in [-0.05, 0) is 22.9 Å². The van der Waals surface area contributed by atoms with Crippen LogP contribution in [0.5, 0.6) is 0 Å². The van der Waals surface area contributed by atoms with Crippen LogP contribution in [0.4, 0.5) is 4.39 Å². The van der Waals surface area contributed by atoms with Crippen molar-refractivity contribution in [2.45, 2.75) is 18.6 Å². The summed E-state index contributed by atoms with van der Waals surface area (Å²) >= 11 is 3.45. The third-order valence-corrected chi connectivity index (χ3v) is 4.92. The number of carbonyl (C=O) groups excluding carboxylic acids is 2. The Hall–Kier alpha value is -2.46. The fourth-order valence-electron chi connectivity index (χ4n) is 3.01. The average molecular weight is 404 g/mol. The van der Waals surface area contributed by atoms with Gasteiger partial charge >= 0.3 is 0 Å². The van der Waals surface area contributed by atoms with Crippen LogP contribution < -0.4 is 5.32 Å². The number of rotatable bonds is 3. The quantitative estimate of drug-likeness (QED) is 0.855. The lowest BCUT2D eigenvalue weighted by Crippen LogP contribution is -2.42. The van der Waals surface area contributed by atoms with E-state index >= 15 is 0 Å². The second-order valence-corrected chi connectivity index (χ2v) is 6.70. The molecule has 2 aromatic carbocycles. The minimum atomic E-state index is -1.19. The number of hydrogen-bond acceptors (Lipinski definition) is 3. The molecule has 25 heavy (non-hydrogen) atoms. The SMILES string of the molecule is N#C[C@@H]1CC(F)CN1C(=O)CNC(=O)c1cccc2c(Br)cccc12. The van der Waals surface area contributed by atoms with Gasteiger partial charge in [-0.2, -0.15) is 5.26 Å². The standard InChI is InChI=1S/C18H15BrFN3O2/c19-16-6-2-3-13-14(16)4-1-5-15(13)18(25)22-9-17(24)23-10-11(20)7-12(23)8-21/h1-6,11-12H,7,9-10H2,(H,22,25)/t11?,12-/m0/s1. The summed E-state index contributed by atoms with van der Waals surface area (Å²) in [6, 6.07) is 12.0. The molecule has 0 saturated carbocycles. The molecule has 0 aliphatic carbocycles. The summed E-state index contributed by atoms with van der Waals surface area (Å²) in [5.41, 5.74) is 0.452. The van der Waals surface area contributed by atoms with Gasteiger partial charge in [0.05, 0.1) is 19.2 Å². The van der Waals surface area contributed by atoms with Gasteiger partial charge in [0.25, 0.3) is 5.91 Å². The molecule has 1 unspecified atom stereocenters. The van der Waals surface area contributed by atoms with Crippen molar-refractivity contribution < 1.29 is 14.0 Å². The van der Waals surface area contributed by atoms with Crippen molar-refractivity contribution in [3.8, 4) is 6.07 Å². The van der Waals surface area contributed by atoms with Crippen LogP contribution in [0.1, 0.15) is 16.8 Å². The van der Waals surface area contributed by atoms with Crippen molar-refractivity contribution in [3.63, 3.8) is 0 Å². The maximum absolute atomic E-state index is 13.4. The zero-order valence-corrected chi connectivity index (χ0v) is 14.8. The number of benzene rings is 2. The van der Waals surface area contributed by atoms with Crippen LogP contribution in [0.15, 0.2) is 40.9 Å². The highest BCUT2D eigenvalue weighted by Crippen LogP contribution is 2.26. The summed E-state index contributed by atoms with van der Waals surface area (Å²) in [5, 5.41) is 13.2. The number of nitrogens with zero attached hydrogens (tertiary/aromatic N) is 2. The van der Waals surface area contributed by atoms with Gasteiger partial charge in [-0.3, -0.25) is 9.59 Å². The number of carbonyl (C=O) groups is 2. The van der Waals surface area contributed by atoms with Gasteiger partial charge in [0, 0.05) is 16.5 Å². The number of likely N-dealkylation sites (tertiary alicyclic amines) is 1. The molecule has 2 atom stereocenters. The normalized spacial score (nSPS) is 19.6. The van der Waals surface area contributed by atoms with Crippen LogP contribution in [0.2, 0.25) is 0 Å². The Morgan fingerprint density at radius 3 is 2.76 bits per heavy atom. The number of amides is 2. The van der Waals surface area contributed by atoms with Crippen molar-refractivity contribution >= 4 is 38.5 Å². The predicted octanol–water partition coefficient (Wildman–Crippen LogP) is 2.79. The van der Waals surface area contributed by atoms with E-state index < -0.39 is 18.1 Å². The fourth-order valence-corrected chi connectivity index (χ4v) is 3.50. The van der Waals surface area contributed by atoms with E-state index in [1.807, 2.05) is 30.3 Å². The fraction of sp³-hybridized carbons (Fsp3) is 0.278. The van der Waals surface area contributed by atoms with Crippen LogP contribution in [0.25, 0.3) is 10.8 Å². The predicted molar refractivity (Wildman–Crippen MR) is 94.6 cm³/mol. The topological polar surface area (TPSA) is 73.2 Å². The third kappa shape index (κ3) is 3.49. The van der Waals surface area contributed by atoms with E-state index in [0.717, 1.165) is 15.2 Å². The lowest BCUT2D eigenvalue weighted by atomic mass is 10.0. The van der Waals surface area contributed by atoms with Crippen molar-refractivity contribution in [3.05, 3.63) is 46.4 Å². The first kappa shape index (κ1) is 17.4. The molecule has 0 spiro atoms. The number of fused-ring (bicyclic) bond motifs is 1. The van der Waals surface area contributed by atoms with Gasteiger partial charge in [-0.1, -0.05) is 40.2 Å². The minimum absolute atomic E-state index is 0.0214. The minimum Gasteiger partial charge on any atom is -0.343 e. The Morgan fingerprint density at radius 1 is 1.28 bits per heavy atom.